The Kier molecular flexibility index (Phi) is 8.43. The third-order valence-electron chi connectivity index (χ3n) is 5.59. The van der Waals surface area contributed by atoms with Gasteiger partial charge in [0.1, 0.15) is 23.0 Å². The summed E-state index contributed by atoms with van der Waals surface area (Å²) in [6, 6.07) is 16.6. The van der Waals surface area contributed by atoms with E-state index < -0.39 is 23.4 Å². The maximum absolute atomic E-state index is 12.7. The molecule has 9 heteroatoms. The molecule has 0 radical (unpaired) electrons. The Balaban J connectivity index is 1.68. The summed E-state index contributed by atoms with van der Waals surface area (Å²) >= 11 is 5.99. The predicted molar refractivity (Wildman–Crippen MR) is 130 cm³/mol. The average molecular weight is 497 g/mol. The number of methoxy groups -OCH3 is 1. The van der Waals surface area contributed by atoms with Crippen LogP contribution in [-0.2, 0) is 22.6 Å². The van der Waals surface area contributed by atoms with E-state index in [0.717, 1.165) is 5.56 Å². The first-order valence-electron chi connectivity index (χ1n) is 10.8. The zero-order chi connectivity index (χ0) is 25.4. The number of pyridine rings is 1. The Bertz CT molecular complexity index is 1200. The molecule has 1 unspecified atom stereocenters. The van der Waals surface area contributed by atoms with Crippen LogP contribution in [0.15, 0.2) is 66.9 Å². The van der Waals surface area contributed by atoms with E-state index >= 15 is 0 Å². The van der Waals surface area contributed by atoms with Crippen LogP contribution in [0.3, 0.4) is 0 Å². The van der Waals surface area contributed by atoms with Gasteiger partial charge in [-0.05, 0) is 53.9 Å². The SMILES string of the molecule is CCC(Cc1ccc(C(=O)OCc2ccc(OC)cc2)cc1)(NC(=O)c1cccnc1Cl)C(=O)O. The number of carboxylic acid groups (broad SMARTS) is 1. The Morgan fingerprint density at radius 3 is 2.26 bits per heavy atom. The van der Waals surface area contributed by atoms with E-state index in [1.54, 1.807) is 68.6 Å². The number of carbonyl (C=O) groups is 3. The number of aliphatic carboxylic acids is 1. The van der Waals surface area contributed by atoms with Crippen molar-refractivity contribution in [2.24, 2.45) is 0 Å². The lowest BCUT2D eigenvalue weighted by Crippen LogP contribution is -2.55. The monoisotopic (exact) mass is 496 g/mol. The predicted octanol–water partition coefficient (Wildman–Crippen LogP) is 4.31. The summed E-state index contributed by atoms with van der Waals surface area (Å²) in [7, 11) is 1.57. The Hall–Kier alpha value is -3.91. The van der Waals surface area contributed by atoms with Crippen molar-refractivity contribution in [1.82, 2.24) is 10.3 Å². The molecule has 2 aromatic carbocycles. The van der Waals surface area contributed by atoms with Crippen molar-refractivity contribution < 1.29 is 29.0 Å². The highest BCUT2D eigenvalue weighted by molar-refractivity contribution is 6.32. The standard InChI is InChI=1S/C26H25ClN2O6/c1-3-26(25(32)33,29-23(30)21-5-4-14-28-22(21)27)15-17-6-10-19(11-7-17)24(31)35-16-18-8-12-20(34-2)13-9-18/h4-14H,3,15-16H2,1-2H3,(H,29,30)(H,32,33). The van der Waals surface area contributed by atoms with Crippen LogP contribution in [0.25, 0.3) is 0 Å². The van der Waals surface area contributed by atoms with Crippen molar-refractivity contribution in [3.8, 4) is 5.75 Å². The average Bonchev–Trinajstić information content (AvgIpc) is 2.87. The normalized spacial score (nSPS) is 12.3. The molecule has 0 aliphatic rings. The number of ether oxygens (including phenoxy) is 2. The van der Waals surface area contributed by atoms with Gasteiger partial charge in [-0.2, -0.15) is 0 Å². The minimum absolute atomic E-state index is 0.00360. The summed E-state index contributed by atoms with van der Waals surface area (Å²) in [5.74, 6) is -1.62. The number of esters is 1. The van der Waals surface area contributed by atoms with Crippen LogP contribution in [0.2, 0.25) is 5.15 Å². The second-order valence-corrected chi connectivity index (χ2v) is 8.19. The lowest BCUT2D eigenvalue weighted by molar-refractivity contribution is -0.144. The molecule has 0 aliphatic heterocycles. The first-order chi connectivity index (χ1) is 16.8. The van der Waals surface area contributed by atoms with Gasteiger partial charge in [0, 0.05) is 12.6 Å². The summed E-state index contributed by atoms with van der Waals surface area (Å²) < 4.78 is 10.5. The molecule has 0 bridgehead atoms. The fourth-order valence-electron chi connectivity index (χ4n) is 3.44. The van der Waals surface area contributed by atoms with Gasteiger partial charge in [0.2, 0.25) is 0 Å². The van der Waals surface area contributed by atoms with E-state index in [-0.39, 0.29) is 30.2 Å². The maximum Gasteiger partial charge on any atom is 0.338 e. The van der Waals surface area contributed by atoms with E-state index in [2.05, 4.69) is 10.3 Å². The summed E-state index contributed by atoms with van der Waals surface area (Å²) in [5.41, 5.74) is 0.272. The smallest absolute Gasteiger partial charge is 0.338 e. The molecule has 0 spiro atoms. The van der Waals surface area contributed by atoms with Crippen molar-refractivity contribution in [2.45, 2.75) is 31.9 Å². The van der Waals surface area contributed by atoms with Crippen molar-refractivity contribution in [2.75, 3.05) is 7.11 Å². The second-order valence-electron chi connectivity index (χ2n) is 7.83. The number of amides is 1. The quantitative estimate of drug-likeness (QED) is 0.317. The fourth-order valence-corrected chi connectivity index (χ4v) is 3.64. The number of rotatable bonds is 10. The minimum Gasteiger partial charge on any atom is -0.497 e. The molecule has 0 aliphatic carbocycles. The molecular weight excluding hydrogens is 472 g/mol. The summed E-state index contributed by atoms with van der Waals surface area (Å²) in [4.78, 5) is 41.2. The van der Waals surface area contributed by atoms with Crippen molar-refractivity contribution in [3.63, 3.8) is 0 Å². The number of hydrogen-bond acceptors (Lipinski definition) is 6. The Morgan fingerprint density at radius 1 is 1.03 bits per heavy atom. The van der Waals surface area contributed by atoms with E-state index in [0.29, 0.717) is 16.9 Å². The molecule has 2 N–H and O–H groups in total. The molecule has 1 atom stereocenters. The lowest BCUT2D eigenvalue weighted by Gasteiger charge is -2.29. The fraction of sp³-hybridized carbons (Fsp3) is 0.231. The van der Waals surface area contributed by atoms with E-state index in [1.165, 1.54) is 12.3 Å². The number of carbonyl (C=O) groups excluding carboxylic acids is 2. The molecule has 35 heavy (non-hydrogen) atoms. The number of hydrogen-bond donors (Lipinski definition) is 2. The molecular formula is C26H25ClN2O6. The molecule has 0 saturated carbocycles. The lowest BCUT2D eigenvalue weighted by atomic mass is 9.87. The highest BCUT2D eigenvalue weighted by Crippen LogP contribution is 2.22. The third kappa shape index (κ3) is 6.36. The maximum atomic E-state index is 12.7. The first-order valence-corrected chi connectivity index (χ1v) is 11.2. The van der Waals surface area contributed by atoms with Gasteiger partial charge in [-0.25, -0.2) is 14.6 Å². The highest BCUT2D eigenvalue weighted by atomic mass is 35.5. The van der Waals surface area contributed by atoms with Gasteiger partial charge < -0.3 is 19.9 Å². The molecule has 1 heterocycles. The largest absolute Gasteiger partial charge is 0.497 e. The molecule has 182 valence electrons. The van der Waals surface area contributed by atoms with Crippen LogP contribution in [0.4, 0.5) is 0 Å². The minimum atomic E-state index is -1.58. The Labute approximate surface area is 207 Å². The number of nitrogens with one attached hydrogen (secondary N) is 1. The summed E-state index contributed by atoms with van der Waals surface area (Å²) in [6.07, 6.45) is 1.56. The van der Waals surface area contributed by atoms with Gasteiger partial charge in [0.05, 0.1) is 18.2 Å². The summed E-state index contributed by atoms with van der Waals surface area (Å²) in [6.45, 7) is 1.77. The third-order valence-corrected chi connectivity index (χ3v) is 5.90. The van der Waals surface area contributed by atoms with Gasteiger partial charge in [0.25, 0.3) is 5.91 Å². The molecule has 0 saturated heterocycles. The zero-order valence-corrected chi connectivity index (χ0v) is 20.0. The number of benzene rings is 2. The van der Waals surface area contributed by atoms with Gasteiger partial charge >= 0.3 is 11.9 Å². The van der Waals surface area contributed by atoms with Crippen molar-refractivity contribution in [1.29, 1.82) is 0 Å². The van der Waals surface area contributed by atoms with Gasteiger partial charge in [-0.3, -0.25) is 4.79 Å². The zero-order valence-electron chi connectivity index (χ0n) is 19.3. The van der Waals surface area contributed by atoms with Crippen LogP contribution in [-0.4, -0.2) is 40.6 Å². The molecule has 3 aromatic rings. The van der Waals surface area contributed by atoms with Crippen LogP contribution >= 0.6 is 11.6 Å². The van der Waals surface area contributed by atoms with Gasteiger partial charge in [-0.1, -0.05) is 42.8 Å². The molecule has 1 aromatic heterocycles. The van der Waals surface area contributed by atoms with Gasteiger partial charge in [0.15, 0.2) is 0 Å². The number of aromatic nitrogens is 1. The number of halogens is 1. The van der Waals surface area contributed by atoms with Crippen LogP contribution < -0.4 is 10.1 Å². The second kappa shape index (κ2) is 11.5. The van der Waals surface area contributed by atoms with E-state index in [4.69, 9.17) is 21.1 Å². The highest BCUT2D eigenvalue weighted by Gasteiger charge is 2.39. The number of nitrogens with zero attached hydrogens (tertiary/aromatic N) is 1. The van der Waals surface area contributed by atoms with Crippen molar-refractivity contribution >= 4 is 29.4 Å². The molecule has 1 amide bonds. The van der Waals surface area contributed by atoms with Gasteiger partial charge in [-0.15, -0.1) is 0 Å². The van der Waals surface area contributed by atoms with Crippen LogP contribution in [0.1, 0.15) is 45.2 Å². The number of carboxylic acids is 1. The van der Waals surface area contributed by atoms with Crippen molar-refractivity contribution in [3.05, 3.63) is 94.3 Å². The first kappa shape index (κ1) is 25.7. The van der Waals surface area contributed by atoms with Crippen LogP contribution in [0, 0.1) is 0 Å². The summed E-state index contributed by atoms with van der Waals surface area (Å²) in [5, 5.41) is 12.5. The Morgan fingerprint density at radius 2 is 1.69 bits per heavy atom. The topological polar surface area (TPSA) is 115 Å². The van der Waals surface area contributed by atoms with E-state index in [9.17, 15) is 19.5 Å². The molecule has 8 nitrogen and oxygen atoms in total. The molecule has 3 rings (SSSR count). The van der Waals surface area contributed by atoms with Crippen LogP contribution in [0.5, 0.6) is 5.75 Å². The van der Waals surface area contributed by atoms with E-state index in [1.807, 2.05) is 0 Å². The molecule has 0 fully saturated rings.